The molecular formula is C64H90N2O13S2. The Kier molecular flexibility index (Phi) is 14.3. The molecule has 24 atom stereocenters. The molecule has 8 bridgehead atoms. The number of carbonyl (C=O) groups is 2. The van der Waals surface area contributed by atoms with Crippen LogP contribution in [0, 0.1) is 86.3 Å². The molecule has 446 valence electrons. The molecule has 6 heterocycles. The predicted octanol–water partition coefficient (Wildman–Crippen LogP) is 6.00. The first-order chi connectivity index (χ1) is 38.6. The Bertz CT molecular complexity index is 2760. The lowest BCUT2D eigenvalue weighted by Crippen LogP contribution is -2.72. The van der Waals surface area contributed by atoms with Crippen LogP contribution in [0.3, 0.4) is 0 Å². The Balaban J connectivity index is 0.964. The van der Waals surface area contributed by atoms with Crippen molar-refractivity contribution in [2.45, 2.75) is 183 Å². The number of ether oxygens (including phenoxy) is 2. The minimum absolute atomic E-state index is 0.0206. The standard InChI is InChI=1S/C64H90N2O13S2/c1-34(2)35(3)52-54(79-52)62(76)16-7-10-39-24-46-47-26-50(70)61(27-51(71)59(75,33-68)31-57(46,61)4)56(74)81-80-30-41-9-6-8-40(29-67)64(41)55(73)66(42-20-36(21-43(69)25-42)13-18-60(39)49(62)15-19-63(47,60)77)32-58(64)17-14-45(53(58)72)48-23-37-11-12-44(78-5)22-38(37)28-65-48/h7,10-12,20-21,25-26,34-35,37-41,44-46,48-49,51-54,56,65,67-69,71-72,74-77H,6,8-9,13-19,22-24,27-33H2,1-5H3/t35-,37+,38-,39+,40+,41-,44-,45-,46+,48-,49+,51-,52+,53+,54-,56-,57-,58-,59-,60-,61+,62-,63-,64+/m1/s1. The molecule has 17 heteroatoms. The Labute approximate surface area is 485 Å². The quantitative estimate of drug-likeness (QED) is 0.0854. The van der Waals surface area contributed by atoms with Crippen molar-refractivity contribution in [1.29, 1.82) is 0 Å². The summed E-state index contributed by atoms with van der Waals surface area (Å²) in [7, 11) is 4.23. The number of phenols is 1. The number of hydrogen-bond donors (Lipinski definition) is 10. The first-order valence-electron chi connectivity index (χ1n) is 31.0. The Morgan fingerprint density at radius 2 is 1.75 bits per heavy atom. The summed E-state index contributed by atoms with van der Waals surface area (Å²) in [5, 5.41) is 117. The van der Waals surface area contributed by atoms with Gasteiger partial charge in [0, 0.05) is 66.5 Å². The molecular weight excluding hydrogens is 1070 g/mol. The normalized spacial score (nSPS) is 51.2. The van der Waals surface area contributed by atoms with Gasteiger partial charge < -0.3 is 65.6 Å². The SMILES string of the molecule is CO[C@@H]1C=C[C@H]2C[C@H]([C@H]3CC[C@@]4(CN5C(=O)[C@@]46[C@H](CO)CCC[C@@H]6CSS[C@@H](O)[C@@]46C[C@@H](O)[C@](O)(CO)C[C@]4(C)[C@H]4C[C@@H]7C=CC[C@](O)([C@@H]8O[C@H]8[C@H](C)C(C)C)[C@H]8CC[C@@](O)(C4=CC6=O)[C@@]87CCc4cc(O)cc5c4)[C@H]3O)NC[C@H]2C1. The van der Waals surface area contributed by atoms with Crippen LogP contribution in [0.25, 0.3) is 0 Å². The van der Waals surface area contributed by atoms with Crippen molar-refractivity contribution in [2.24, 2.45) is 86.3 Å². The zero-order valence-electron chi connectivity index (χ0n) is 48.0. The number of ketones is 1. The Morgan fingerprint density at radius 3 is 2.51 bits per heavy atom. The van der Waals surface area contributed by atoms with Crippen molar-refractivity contribution in [3.05, 3.63) is 59.7 Å². The van der Waals surface area contributed by atoms with Gasteiger partial charge in [-0.2, -0.15) is 0 Å². The molecule has 5 saturated carbocycles. The van der Waals surface area contributed by atoms with Crippen LogP contribution in [-0.4, -0.2) is 156 Å². The maximum absolute atomic E-state index is 16.5. The number of methoxy groups -OCH3 is 1. The van der Waals surface area contributed by atoms with Gasteiger partial charge in [-0.05, 0) is 179 Å². The maximum atomic E-state index is 16.5. The summed E-state index contributed by atoms with van der Waals surface area (Å²) in [4.78, 5) is 34.2. The van der Waals surface area contributed by atoms with E-state index in [1.165, 1.54) is 10.8 Å². The number of nitrogens with one attached hydrogen (secondary N) is 1. The summed E-state index contributed by atoms with van der Waals surface area (Å²) in [6.07, 6.45) is 13.3. The number of nitrogens with zero attached hydrogens (tertiary/aromatic N) is 1. The fourth-order valence-corrected chi connectivity index (χ4v) is 24.5. The topological polar surface area (TPSA) is 253 Å². The van der Waals surface area contributed by atoms with Crippen molar-refractivity contribution in [2.75, 3.05) is 44.1 Å². The summed E-state index contributed by atoms with van der Waals surface area (Å²) < 4.78 is 12.3. The zero-order valence-corrected chi connectivity index (χ0v) is 49.6. The van der Waals surface area contributed by atoms with Crippen molar-refractivity contribution >= 4 is 39.0 Å². The number of anilines is 1. The molecule has 3 saturated heterocycles. The number of aryl methyl sites for hydroxylation is 1. The van der Waals surface area contributed by atoms with Gasteiger partial charge in [0.05, 0.1) is 47.5 Å². The van der Waals surface area contributed by atoms with E-state index in [9.17, 15) is 46.0 Å². The highest BCUT2D eigenvalue weighted by Crippen LogP contribution is 2.77. The molecule has 1 aromatic rings. The number of piperidine rings is 1. The zero-order chi connectivity index (χ0) is 57.2. The van der Waals surface area contributed by atoms with Gasteiger partial charge >= 0.3 is 0 Å². The number of carbonyl (C=O) groups excluding carboxylic acids is 2. The molecule has 6 aliphatic heterocycles. The van der Waals surface area contributed by atoms with E-state index in [2.05, 4.69) is 44.3 Å². The molecule has 0 unspecified atom stereocenters. The average Bonchev–Trinajstić information content (AvgIpc) is 2.06. The Hall–Kier alpha value is -2.36. The van der Waals surface area contributed by atoms with Gasteiger partial charge in [0.25, 0.3) is 0 Å². The van der Waals surface area contributed by atoms with E-state index >= 15 is 9.59 Å². The number of amides is 1. The van der Waals surface area contributed by atoms with E-state index in [1.807, 2.05) is 19.1 Å². The van der Waals surface area contributed by atoms with Crippen LogP contribution >= 0.6 is 21.6 Å². The van der Waals surface area contributed by atoms with Gasteiger partial charge in [-0.1, -0.05) is 80.0 Å². The second-order valence-corrected chi connectivity index (χ2v) is 31.4. The van der Waals surface area contributed by atoms with E-state index in [4.69, 9.17) is 9.47 Å². The van der Waals surface area contributed by atoms with Gasteiger partial charge in [0.15, 0.2) is 5.78 Å². The van der Waals surface area contributed by atoms with E-state index in [1.54, 1.807) is 30.2 Å². The summed E-state index contributed by atoms with van der Waals surface area (Å²) in [5.74, 6) is -1.86. The monoisotopic (exact) mass is 1160 g/mol. The molecule has 0 aromatic heterocycles. The molecule has 1 aromatic carbocycles. The number of aromatic hydroxyl groups is 1. The third kappa shape index (κ3) is 7.80. The number of rotatable bonds is 7. The second kappa shape index (κ2) is 20.1. The van der Waals surface area contributed by atoms with Crippen molar-refractivity contribution < 1.29 is 65.0 Å². The van der Waals surface area contributed by atoms with E-state index in [0.29, 0.717) is 80.2 Å². The molecule has 14 aliphatic rings. The molecule has 15 rings (SSSR count). The lowest BCUT2D eigenvalue weighted by Gasteiger charge is -2.68. The summed E-state index contributed by atoms with van der Waals surface area (Å²) >= 11 is 0. The fourth-order valence-electron chi connectivity index (χ4n) is 21.5. The molecule has 0 radical (unpaired) electrons. The number of aliphatic hydroxyl groups is 8. The van der Waals surface area contributed by atoms with E-state index < -0.39 is 110 Å². The highest BCUT2D eigenvalue weighted by molar-refractivity contribution is 8.76. The van der Waals surface area contributed by atoms with Crippen LogP contribution in [-0.2, 0) is 25.5 Å². The van der Waals surface area contributed by atoms with Crippen molar-refractivity contribution in [1.82, 2.24) is 5.32 Å². The number of benzene rings is 1. The highest BCUT2D eigenvalue weighted by Gasteiger charge is 2.80. The summed E-state index contributed by atoms with van der Waals surface area (Å²) in [6.45, 7) is 8.26. The number of epoxide rings is 1. The van der Waals surface area contributed by atoms with Gasteiger partial charge in [-0.25, -0.2) is 0 Å². The molecule has 4 spiro atoms. The average molecular weight is 1160 g/mol. The maximum Gasteiger partial charge on any atom is 0.234 e. The third-order valence-electron chi connectivity index (χ3n) is 25.8. The van der Waals surface area contributed by atoms with Crippen LogP contribution in [0.15, 0.2) is 54.2 Å². The van der Waals surface area contributed by atoms with Crippen molar-refractivity contribution in [3.8, 4) is 5.75 Å². The number of phenolic OH excluding ortho intramolecular Hbond substituents is 1. The van der Waals surface area contributed by atoms with E-state index in [0.717, 1.165) is 42.2 Å². The first-order valence-corrected chi connectivity index (χ1v) is 33.3. The number of allylic oxidation sites excluding steroid dienone is 3. The molecule has 1 amide bonds. The third-order valence-corrected chi connectivity index (χ3v) is 28.4. The largest absolute Gasteiger partial charge is 0.508 e. The number of hydrogen-bond acceptors (Lipinski definition) is 16. The van der Waals surface area contributed by atoms with E-state index in [-0.39, 0.29) is 86.5 Å². The van der Waals surface area contributed by atoms with Crippen LogP contribution in [0.4, 0.5) is 5.69 Å². The number of fused-ring (bicyclic) bond motifs is 2. The second-order valence-electron chi connectivity index (χ2n) is 28.9. The van der Waals surface area contributed by atoms with Gasteiger partial charge in [-0.15, -0.1) is 0 Å². The lowest BCUT2D eigenvalue weighted by atomic mass is 9.38. The molecule has 81 heavy (non-hydrogen) atoms. The summed E-state index contributed by atoms with van der Waals surface area (Å²) in [6, 6.07) is 5.32. The molecule has 15 nitrogen and oxygen atoms in total. The van der Waals surface area contributed by atoms with Gasteiger partial charge in [-0.3, -0.25) is 9.59 Å². The predicted molar refractivity (Wildman–Crippen MR) is 308 cm³/mol. The van der Waals surface area contributed by atoms with Crippen LogP contribution in [0.1, 0.15) is 123 Å². The minimum Gasteiger partial charge on any atom is -0.508 e. The first kappa shape index (κ1) is 57.7. The van der Waals surface area contributed by atoms with Crippen LogP contribution in [0.2, 0.25) is 0 Å². The number of aliphatic hydroxyl groups excluding tert-OH is 5. The van der Waals surface area contributed by atoms with Crippen LogP contribution < -0.4 is 10.2 Å². The summed E-state index contributed by atoms with van der Waals surface area (Å²) in [5.41, 5.74) is -11.3. The van der Waals surface area contributed by atoms with Gasteiger partial charge in [0.2, 0.25) is 5.91 Å². The van der Waals surface area contributed by atoms with Crippen LogP contribution in [0.5, 0.6) is 5.75 Å². The van der Waals surface area contributed by atoms with Crippen molar-refractivity contribution in [3.63, 3.8) is 0 Å². The minimum atomic E-state index is -2.03. The fraction of sp³-hybridized carbons (Fsp3) is 0.781. The van der Waals surface area contributed by atoms with Gasteiger partial charge in [0.1, 0.15) is 28.5 Å². The molecule has 10 N–H and O–H groups in total. The lowest BCUT2D eigenvalue weighted by molar-refractivity contribution is -0.235. The highest BCUT2D eigenvalue weighted by atomic mass is 33.1. The Morgan fingerprint density at radius 1 is 0.951 bits per heavy atom. The smallest absolute Gasteiger partial charge is 0.234 e. The molecule has 8 aliphatic carbocycles. The molecule has 8 fully saturated rings.